The molecule has 0 fully saturated rings. The van der Waals surface area contributed by atoms with Gasteiger partial charge in [0.05, 0.1) is 7.11 Å². The first-order valence-electron chi connectivity index (χ1n) is 6.04. The van der Waals surface area contributed by atoms with E-state index in [1.807, 2.05) is 24.3 Å². The summed E-state index contributed by atoms with van der Waals surface area (Å²) in [6, 6.07) is 7.82. The number of nitrogens with one attached hydrogen (secondary N) is 1. The van der Waals surface area contributed by atoms with Crippen molar-refractivity contribution >= 4 is 5.82 Å². The molecule has 0 unspecified atom stereocenters. The SMILES string of the molecule is CCCNc1nccnc1-c1ccc(OC)cc1. The summed E-state index contributed by atoms with van der Waals surface area (Å²) in [6.07, 6.45) is 4.46. The minimum absolute atomic E-state index is 0.824. The highest BCUT2D eigenvalue weighted by molar-refractivity contribution is 5.71. The third kappa shape index (κ3) is 2.77. The van der Waals surface area contributed by atoms with Gasteiger partial charge in [-0.3, -0.25) is 4.98 Å². The standard InChI is InChI=1S/C14H17N3O/c1-3-8-16-14-13(15-9-10-17-14)11-4-6-12(18-2)7-5-11/h4-7,9-10H,3,8H2,1-2H3,(H,16,17). The molecule has 1 heterocycles. The van der Waals surface area contributed by atoms with Gasteiger partial charge in [-0.05, 0) is 30.7 Å². The van der Waals surface area contributed by atoms with Gasteiger partial charge in [-0.2, -0.15) is 0 Å². The van der Waals surface area contributed by atoms with Crippen molar-refractivity contribution in [1.82, 2.24) is 9.97 Å². The largest absolute Gasteiger partial charge is 0.497 e. The van der Waals surface area contributed by atoms with Gasteiger partial charge in [0.1, 0.15) is 11.4 Å². The maximum Gasteiger partial charge on any atom is 0.152 e. The molecule has 0 radical (unpaired) electrons. The average molecular weight is 243 g/mol. The smallest absolute Gasteiger partial charge is 0.152 e. The van der Waals surface area contributed by atoms with E-state index < -0.39 is 0 Å². The summed E-state index contributed by atoms with van der Waals surface area (Å²) < 4.78 is 5.15. The molecular weight excluding hydrogens is 226 g/mol. The molecule has 0 saturated carbocycles. The third-order valence-electron chi connectivity index (χ3n) is 2.60. The molecule has 1 aromatic carbocycles. The summed E-state index contributed by atoms with van der Waals surface area (Å²) in [5.41, 5.74) is 1.90. The van der Waals surface area contributed by atoms with Gasteiger partial charge in [0.2, 0.25) is 0 Å². The number of aromatic nitrogens is 2. The van der Waals surface area contributed by atoms with Gasteiger partial charge >= 0.3 is 0 Å². The van der Waals surface area contributed by atoms with Gasteiger partial charge < -0.3 is 10.1 Å². The zero-order chi connectivity index (χ0) is 12.8. The fraction of sp³-hybridized carbons (Fsp3) is 0.286. The quantitative estimate of drug-likeness (QED) is 0.877. The van der Waals surface area contributed by atoms with Crippen LogP contribution in [0, 0.1) is 0 Å². The maximum absolute atomic E-state index is 5.15. The Kier molecular flexibility index (Phi) is 4.12. The minimum atomic E-state index is 0.824. The monoisotopic (exact) mass is 243 g/mol. The highest BCUT2D eigenvalue weighted by atomic mass is 16.5. The Labute approximate surface area is 107 Å². The molecule has 0 aliphatic heterocycles. The van der Waals surface area contributed by atoms with E-state index in [0.717, 1.165) is 35.8 Å². The molecule has 2 aromatic rings. The number of hydrogen-bond donors (Lipinski definition) is 1. The number of benzene rings is 1. The van der Waals surface area contributed by atoms with Crippen LogP contribution in [0.15, 0.2) is 36.7 Å². The predicted molar refractivity (Wildman–Crippen MR) is 72.8 cm³/mol. The molecule has 4 heteroatoms. The van der Waals surface area contributed by atoms with Crippen LogP contribution in [0.1, 0.15) is 13.3 Å². The first-order valence-corrected chi connectivity index (χ1v) is 6.04. The van der Waals surface area contributed by atoms with Gasteiger partial charge in [-0.25, -0.2) is 4.98 Å². The number of rotatable bonds is 5. The van der Waals surface area contributed by atoms with Gasteiger partial charge in [-0.15, -0.1) is 0 Å². The third-order valence-corrected chi connectivity index (χ3v) is 2.60. The van der Waals surface area contributed by atoms with Gasteiger partial charge in [-0.1, -0.05) is 6.92 Å². The van der Waals surface area contributed by atoms with Gasteiger partial charge in [0.25, 0.3) is 0 Å². The predicted octanol–water partition coefficient (Wildman–Crippen LogP) is 2.97. The van der Waals surface area contributed by atoms with Crippen LogP contribution in [-0.2, 0) is 0 Å². The molecule has 2 rings (SSSR count). The Hall–Kier alpha value is -2.10. The van der Waals surface area contributed by atoms with Crippen LogP contribution in [-0.4, -0.2) is 23.6 Å². The molecule has 0 amide bonds. The van der Waals surface area contributed by atoms with Crippen molar-refractivity contribution < 1.29 is 4.74 Å². The van der Waals surface area contributed by atoms with Gasteiger partial charge in [0, 0.05) is 24.5 Å². The number of nitrogens with zero attached hydrogens (tertiary/aromatic N) is 2. The lowest BCUT2D eigenvalue weighted by Crippen LogP contribution is -2.04. The molecule has 94 valence electrons. The zero-order valence-electron chi connectivity index (χ0n) is 10.7. The summed E-state index contributed by atoms with van der Waals surface area (Å²) in [4.78, 5) is 8.72. The van der Waals surface area contributed by atoms with Crippen LogP contribution in [0.2, 0.25) is 0 Å². The molecule has 0 aliphatic rings. The highest BCUT2D eigenvalue weighted by Gasteiger charge is 2.07. The van der Waals surface area contributed by atoms with Crippen LogP contribution < -0.4 is 10.1 Å². The van der Waals surface area contributed by atoms with Crippen molar-refractivity contribution in [3.63, 3.8) is 0 Å². The second kappa shape index (κ2) is 6.00. The van der Waals surface area contributed by atoms with Crippen LogP contribution >= 0.6 is 0 Å². The zero-order valence-corrected chi connectivity index (χ0v) is 10.7. The molecule has 0 saturated heterocycles. The maximum atomic E-state index is 5.15. The normalized spacial score (nSPS) is 10.1. The van der Waals surface area contributed by atoms with Crippen LogP contribution in [0.5, 0.6) is 5.75 Å². The van der Waals surface area contributed by atoms with Crippen LogP contribution in [0.25, 0.3) is 11.3 Å². The lowest BCUT2D eigenvalue weighted by Gasteiger charge is -2.09. The molecule has 0 aliphatic carbocycles. The minimum Gasteiger partial charge on any atom is -0.497 e. The molecule has 1 aromatic heterocycles. The van der Waals surface area contributed by atoms with Crippen molar-refractivity contribution in [3.05, 3.63) is 36.7 Å². The summed E-state index contributed by atoms with van der Waals surface area (Å²) >= 11 is 0. The Morgan fingerprint density at radius 3 is 2.50 bits per heavy atom. The highest BCUT2D eigenvalue weighted by Crippen LogP contribution is 2.25. The van der Waals surface area contributed by atoms with E-state index in [9.17, 15) is 0 Å². The fourth-order valence-electron chi connectivity index (χ4n) is 1.67. The van der Waals surface area contributed by atoms with E-state index in [0.29, 0.717) is 0 Å². The van der Waals surface area contributed by atoms with E-state index in [2.05, 4.69) is 22.2 Å². The lowest BCUT2D eigenvalue weighted by atomic mass is 10.1. The first-order chi connectivity index (χ1) is 8.85. The fourth-order valence-corrected chi connectivity index (χ4v) is 1.67. The number of methoxy groups -OCH3 is 1. The average Bonchev–Trinajstić information content (AvgIpc) is 2.45. The van der Waals surface area contributed by atoms with Crippen molar-refractivity contribution in [3.8, 4) is 17.0 Å². The molecule has 0 atom stereocenters. The van der Waals surface area contributed by atoms with E-state index >= 15 is 0 Å². The summed E-state index contributed by atoms with van der Waals surface area (Å²) in [6.45, 7) is 3.01. The first kappa shape index (κ1) is 12.4. The molecule has 4 nitrogen and oxygen atoms in total. The van der Waals surface area contributed by atoms with E-state index in [1.165, 1.54) is 0 Å². The Bertz CT molecular complexity index is 497. The molecule has 0 bridgehead atoms. The summed E-state index contributed by atoms with van der Waals surface area (Å²) in [5.74, 6) is 1.66. The van der Waals surface area contributed by atoms with Crippen LogP contribution in [0.4, 0.5) is 5.82 Å². The van der Waals surface area contributed by atoms with E-state index in [4.69, 9.17) is 4.74 Å². The second-order valence-electron chi connectivity index (χ2n) is 3.91. The van der Waals surface area contributed by atoms with E-state index in [1.54, 1.807) is 19.5 Å². The number of ether oxygens (including phenoxy) is 1. The summed E-state index contributed by atoms with van der Waals surface area (Å²) in [7, 11) is 1.66. The second-order valence-corrected chi connectivity index (χ2v) is 3.91. The summed E-state index contributed by atoms with van der Waals surface area (Å²) in [5, 5.41) is 3.29. The van der Waals surface area contributed by atoms with Crippen LogP contribution in [0.3, 0.4) is 0 Å². The molecule has 0 spiro atoms. The van der Waals surface area contributed by atoms with Crippen molar-refractivity contribution in [1.29, 1.82) is 0 Å². The van der Waals surface area contributed by atoms with Crippen molar-refractivity contribution in [2.45, 2.75) is 13.3 Å². The molecule has 1 N–H and O–H groups in total. The topological polar surface area (TPSA) is 47.0 Å². The Morgan fingerprint density at radius 2 is 1.83 bits per heavy atom. The Balaban J connectivity index is 2.30. The molecule has 18 heavy (non-hydrogen) atoms. The Morgan fingerprint density at radius 1 is 1.11 bits per heavy atom. The number of hydrogen-bond acceptors (Lipinski definition) is 4. The number of anilines is 1. The van der Waals surface area contributed by atoms with Crippen molar-refractivity contribution in [2.24, 2.45) is 0 Å². The van der Waals surface area contributed by atoms with Gasteiger partial charge in [0.15, 0.2) is 5.82 Å². The lowest BCUT2D eigenvalue weighted by molar-refractivity contribution is 0.415. The molecular formula is C14H17N3O. The van der Waals surface area contributed by atoms with E-state index in [-0.39, 0.29) is 0 Å². The van der Waals surface area contributed by atoms with Crippen molar-refractivity contribution in [2.75, 3.05) is 19.0 Å².